The van der Waals surface area contributed by atoms with Crippen LogP contribution in [0.3, 0.4) is 0 Å². The summed E-state index contributed by atoms with van der Waals surface area (Å²) in [6.07, 6.45) is 3.36. The SMILES string of the molecule is CCCN1CCC(NC(=O)CSc2ccc3ccccc3c2)CC1. The second-order valence-electron chi connectivity index (χ2n) is 6.48. The van der Waals surface area contributed by atoms with E-state index in [-0.39, 0.29) is 5.91 Å². The van der Waals surface area contributed by atoms with E-state index in [0.717, 1.165) is 30.8 Å². The fraction of sp³-hybridized carbons (Fsp3) is 0.450. The lowest BCUT2D eigenvalue weighted by Gasteiger charge is -2.32. The van der Waals surface area contributed by atoms with Crippen LogP contribution in [-0.2, 0) is 4.79 Å². The van der Waals surface area contributed by atoms with Gasteiger partial charge in [-0.15, -0.1) is 11.8 Å². The van der Waals surface area contributed by atoms with Crippen LogP contribution < -0.4 is 5.32 Å². The van der Waals surface area contributed by atoms with Gasteiger partial charge in [0.15, 0.2) is 0 Å². The second-order valence-corrected chi connectivity index (χ2v) is 7.53. The van der Waals surface area contributed by atoms with Gasteiger partial charge in [0, 0.05) is 24.0 Å². The predicted molar refractivity (Wildman–Crippen MR) is 103 cm³/mol. The van der Waals surface area contributed by atoms with E-state index in [0.29, 0.717) is 11.8 Å². The number of likely N-dealkylation sites (tertiary alicyclic amines) is 1. The number of benzene rings is 2. The molecule has 1 aliphatic rings. The maximum Gasteiger partial charge on any atom is 0.230 e. The first-order chi connectivity index (χ1) is 11.7. The number of amides is 1. The number of rotatable bonds is 6. The van der Waals surface area contributed by atoms with E-state index in [9.17, 15) is 4.79 Å². The number of hydrogen-bond acceptors (Lipinski definition) is 3. The average Bonchev–Trinajstić information content (AvgIpc) is 2.62. The van der Waals surface area contributed by atoms with E-state index in [1.54, 1.807) is 11.8 Å². The number of fused-ring (bicyclic) bond motifs is 1. The topological polar surface area (TPSA) is 32.3 Å². The van der Waals surface area contributed by atoms with E-state index in [4.69, 9.17) is 0 Å². The summed E-state index contributed by atoms with van der Waals surface area (Å²) in [7, 11) is 0. The van der Waals surface area contributed by atoms with Crippen LogP contribution in [0.5, 0.6) is 0 Å². The van der Waals surface area contributed by atoms with E-state index >= 15 is 0 Å². The van der Waals surface area contributed by atoms with Gasteiger partial charge in [0.2, 0.25) is 5.91 Å². The molecule has 3 nitrogen and oxygen atoms in total. The highest BCUT2D eigenvalue weighted by atomic mass is 32.2. The molecule has 0 bridgehead atoms. The van der Waals surface area contributed by atoms with Gasteiger partial charge in [0.1, 0.15) is 0 Å². The van der Waals surface area contributed by atoms with Crippen LogP contribution in [0.2, 0.25) is 0 Å². The van der Waals surface area contributed by atoms with Crippen molar-refractivity contribution >= 4 is 28.4 Å². The third-order valence-corrected chi connectivity index (χ3v) is 5.58. The molecule has 4 heteroatoms. The quantitative estimate of drug-likeness (QED) is 0.808. The van der Waals surface area contributed by atoms with E-state index in [1.165, 1.54) is 23.7 Å². The Morgan fingerprint density at radius 1 is 1.17 bits per heavy atom. The molecular weight excluding hydrogens is 316 g/mol. The van der Waals surface area contributed by atoms with Crippen LogP contribution in [0.15, 0.2) is 47.4 Å². The summed E-state index contributed by atoms with van der Waals surface area (Å²) in [6.45, 7) is 5.61. The normalized spacial score (nSPS) is 16.4. The summed E-state index contributed by atoms with van der Waals surface area (Å²) in [5.74, 6) is 0.648. The monoisotopic (exact) mass is 342 g/mol. The summed E-state index contributed by atoms with van der Waals surface area (Å²) in [5.41, 5.74) is 0. The Kier molecular flexibility index (Phi) is 6.16. The van der Waals surface area contributed by atoms with Crippen molar-refractivity contribution in [1.82, 2.24) is 10.2 Å². The fourth-order valence-electron chi connectivity index (χ4n) is 3.29. The average molecular weight is 343 g/mol. The van der Waals surface area contributed by atoms with Crippen molar-refractivity contribution in [3.8, 4) is 0 Å². The minimum Gasteiger partial charge on any atom is -0.353 e. The van der Waals surface area contributed by atoms with Crippen molar-refractivity contribution < 1.29 is 4.79 Å². The van der Waals surface area contributed by atoms with E-state index in [1.807, 2.05) is 6.07 Å². The van der Waals surface area contributed by atoms with Crippen LogP contribution >= 0.6 is 11.8 Å². The van der Waals surface area contributed by atoms with Gasteiger partial charge in [-0.2, -0.15) is 0 Å². The Labute approximate surface area is 148 Å². The fourth-order valence-corrected chi connectivity index (χ4v) is 4.05. The Balaban J connectivity index is 1.45. The van der Waals surface area contributed by atoms with Crippen molar-refractivity contribution in [2.75, 3.05) is 25.4 Å². The molecule has 2 aromatic carbocycles. The van der Waals surface area contributed by atoms with Gasteiger partial charge in [-0.3, -0.25) is 4.79 Å². The molecule has 1 heterocycles. The van der Waals surface area contributed by atoms with Gasteiger partial charge in [-0.25, -0.2) is 0 Å². The molecule has 1 fully saturated rings. The van der Waals surface area contributed by atoms with Crippen LogP contribution in [0.1, 0.15) is 26.2 Å². The molecule has 1 N–H and O–H groups in total. The lowest BCUT2D eigenvalue weighted by Crippen LogP contribution is -2.45. The molecule has 1 aliphatic heterocycles. The molecular formula is C20H26N2OS. The van der Waals surface area contributed by atoms with E-state index < -0.39 is 0 Å². The molecule has 1 amide bonds. The Hall–Kier alpha value is -1.52. The lowest BCUT2D eigenvalue weighted by atomic mass is 10.1. The van der Waals surface area contributed by atoms with Gasteiger partial charge in [0.05, 0.1) is 5.75 Å². The molecule has 0 aliphatic carbocycles. The number of carbonyl (C=O) groups is 1. The number of piperidine rings is 1. The van der Waals surface area contributed by atoms with Crippen molar-refractivity contribution in [1.29, 1.82) is 0 Å². The Bertz CT molecular complexity index is 680. The summed E-state index contributed by atoms with van der Waals surface area (Å²) < 4.78 is 0. The standard InChI is InChI=1S/C20H26N2OS/c1-2-11-22-12-9-18(10-13-22)21-20(23)15-24-19-8-7-16-5-3-4-6-17(16)14-19/h3-8,14,18H,2,9-13,15H2,1H3,(H,21,23). The minimum atomic E-state index is 0.155. The molecule has 128 valence electrons. The predicted octanol–water partition coefficient (Wildman–Crippen LogP) is 3.92. The van der Waals surface area contributed by atoms with Gasteiger partial charge < -0.3 is 10.2 Å². The van der Waals surface area contributed by atoms with Crippen LogP contribution in [0.4, 0.5) is 0 Å². The highest BCUT2D eigenvalue weighted by molar-refractivity contribution is 8.00. The summed E-state index contributed by atoms with van der Waals surface area (Å²) in [4.78, 5) is 15.9. The zero-order valence-electron chi connectivity index (χ0n) is 14.3. The summed E-state index contributed by atoms with van der Waals surface area (Å²) in [5, 5.41) is 5.67. The molecule has 24 heavy (non-hydrogen) atoms. The van der Waals surface area contributed by atoms with Crippen LogP contribution in [0, 0.1) is 0 Å². The molecule has 3 rings (SSSR count). The highest BCUT2D eigenvalue weighted by Gasteiger charge is 2.19. The van der Waals surface area contributed by atoms with Crippen molar-refractivity contribution in [3.05, 3.63) is 42.5 Å². The molecule has 0 aromatic heterocycles. The van der Waals surface area contributed by atoms with Gasteiger partial charge >= 0.3 is 0 Å². The lowest BCUT2D eigenvalue weighted by molar-refractivity contribution is -0.119. The third kappa shape index (κ3) is 4.74. The number of nitrogens with one attached hydrogen (secondary N) is 1. The number of hydrogen-bond donors (Lipinski definition) is 1. The first kappa shape index (κ1) is 17.3. The maximum atomic E-state index is 12.2. The second kappa shape index (κ2) is 8.54. The number of thioether (sulfide) groups is 1. The third-order valence-electron chi connectivity index (χ3n) is 4.58. The Morgan fingerprint density at radius 3 is 2.67 bits per heavy atom. The van der Waals surface area contributed by atoms with E-state index in [2.05, 4.69) is 53.5 Å². The van der Waals surface area contributed by atoms with Crippen molar-refractivity contribution in [2.45, 2.75) is 37.1 Å². The van der Waals surface area contributed by atoms with Crippen LogP contribution in [0.25, 0.3) is 10.8 Å². The minimum absolute atomic E-state index is 0.155. The maximum absolute atomic E-state index is 12.2. The molecule has 0 atom stereocenters. The molecule has 0 saturated carbocycles. The van der Waals surface area contributed by atoms with Crippen molar-refractivity contribution in [2.24, 2.45) is 0 Å². The molecule has 1 saturated heterocycles. The van der Waals surface area contributed by atoms with Gasteiger partial charge in [-0.1, -0.05) is 37.3 Å². The smallest absolute Gasteiger partial charge is 0.230 e. The number of carbonyl (C=O) groups excluding carboxylic acids is 1. The van der Waals surface area contributed by atoms with Crippen molar-refractivity contribution in [3.63, 3.8) is 0 Å². The highest BCUT2D eigenvalue weighted by Crippen LogP contribution is 2.23. The first-order valence-electron chi connectivity index (χ1n) is 8.88. The van der Waals surface area contributed by atoms with Gasteiger partial charge in [-0.05, 0) is 48.7 Å². The zero-order chi connectivity index (χ0) is 16.8. The summed E-state index contributed by atoms with van der Waals surface area (Å²) in [6, 6.07) is 15.1. The van der Waals surface area contributed by atoms with Crippen LogP contribution in [-0.4, -0.2) is 42.2 Å². The molecule has 0 radical (unpaired) electrons. The summed E-state index contributed by atoms with van der Waals surface area (Å²) >= 11 is 1.62. The first-order valence-corrected chi connectivity index (χ1v) is 9.86. The molecule has 2 aromatic rings. The number of nitrogens with zero attached hydrogens (tertiary/aromatic N) is 1. The Morgan fingerprint density at radius 2 is 1.92 bits per heavy atom. The molecule has 0 unspecified atom stereocenters. The molecule has 0 spiro atoms. The van der Waals surface area contributed by atoms with Gasteiger partial charge in [0.25, 0.3) is 0 Å². The largest absolute Gasteiger partial charge is 0.353 e. The zero-order valence-corrected chi connectivity index (χ0v) is 15.1.